The number of nitrogens with zero attached hydrogens (tertiary/aromatic N) is 3. The van der Waals surface area contributed by atoms with Crippen molar-refractivity contribution in [3.8, 4) is 0 Å². The molecule has 0 aliphatic rings. The van der Waals surface area contributed by atoms with Crippen molar-refractivity contribution in [2.75, 3.05) is 5.32 Å². The number of rotatable bonds is 3. The Morgan fingerprint density at radius 2 is 1.86 bits per heavy atom. The highest BCUT2D eigenvalue weighted by Gasteiger charge is 2.20. The second-order valence-electron chi connectivity index (χ2n) is 5.69. The van der Waals surface area contributed by atoms with Crippen LogP contribution < -0.4 is 5.32 Å². The molecule has 2 aromatic rings. The lowest BCUT2D eigenvalue weighted by Gasteiger charge is -2.17. The van der Waals surface area contributed by atoms with Gasteiger partial charge in [0.1, 0.15) is 22.5 Å². The van der Waals surface area contributed by atoms with E-state index in [4.69, 9.17) is 23.2 Å². The smallest absolute Gasteiger partial charge is 0.292 e. The molecule has 0 fully saturated rings. The van der Waals surface area contributed by atoms with Crippen LogP contribution in [0.2, 0.25) is 10.2 Å². The van der Waals surface area contributed by atoms with E-state index < -0.39 is 4.92 Å². The Labute approximate surface area is 137 Å². The van der Waals surface area contributed by atoms with Gasteiger partial charge in [0.25, 0.3) is 5.69 Å². The first-order valence-corrected chi connectivity index (χ1v) is 7.18. The summed E-state index contributed by atoms with van der Waals surface area (Å²) in [4.78, 5) is 19.1. The van der Waals surface area contributed by atoms with Crippen molar-refractivity contribution in [1.29, 1.82) is 0 Å². The normalized spacial score (nSPS) is 11.3. The lowest BCUT2D eigenvalue weighted by atomic mass is 9.96. The van der Waals surface area contributed by atoms with Gasteiger partial charge in [-0.2, -0.15) is 0 Å². The van der Waals surface area contributed by atoms with Gasteiger partial charge in [-0.3, -0.25) is 10.1 Å². The minimum atomic E-state index is -0.494. The van der Waals surface area contributed by atoms with Crippen LogP contribution in [0.3, 0.4) is 0 Å². The summed E-state index contributed by atoms with van der Waals surface area (Å²) in [6.07, 6.45) is 0. The van der Waals surface area contributed by atoms with Crippen molar-refractivity contribution < 1.29 is 4.92 Å². The molecule has 0 bridgehead atoms. The summed E-state index contributed by atoms with van der Waals surface area (Å²) in [7, 11) is 0. The van der Waals surface area contributed by atoms with Crippen LogP contribution in [0.5, 0.6) is 0 Å². The van der Waals surface area contributed by atoms with Crippen molar-refractivity contribution in [1.82, 2.24) is 9.97 Å². The molecule has 0 unspecified atom stereocenters. The van der Waals surface area contributed by atoms with Crippen LogP contribution in [0.25, 0.3) is 0 Å². The SMILES string of the molecule is CC(C)(C)c1nc(Cl)cc(Nc2cc(Cl)ccc2[N+](=O)[O-])n1. The van der Waals surface area contributed by atoms with Crippen LogP contribution in [0.4, 0.5) is 17.2 Å². The van der Waals surface area contributed by atoms with Crippen LogP contribution in [0, 0.1) is 10.1 Å². The van der Waals surface area contributed by atoms with E-state index in [2.05, 4.69) is 15.3 Å². The zero-order valence-corrected chi connectivity index (χ0v) is 13.7. The molecule has 0 radical (unpaired) electrons. The number of hydrogen-bond donors (Lipinski definition) is 1. The molecule has 0 aliphatic heterocycles. The fraction of sp³-hybridized carbons (Fsp3) is 0.286. The van der Waals surface area contributed by atoms with Crippen LogP contribution in [-0.2, 0) is 5.41 Å². The number of aromatic nitrogens is 2. The van der Waals surface area contributed by atoms with Crippen LogP contribution in [-0.4, -0.2) is 14.9 Å². The molecular weight excluding hydrogens is 327 g/mol. The van der Waals surface area contributed by atoms with E-state index in [1.807, 2.05) is 20.8 Å². The third-order valence-electron chi connectivity index (χ3n) is 2.78. The predicted molar refractivity (Wildman–Crippen MR) is 87.1 cm³/mol. The quantitative estimate of drug-likeness (QED) is 0.496. The minimum Gasteiger partial charge on any atom is -0.334 e. The molecule has 0 saturated carbocycles. The zero-order valence-electron chi connectivity index (χ0n) is 12.2. The number of benzene rings is 1. The summed E-state index contributed by atoms with van der Waals surface area (Å²) in [5.41, 5.74) is -0.162. The van der Waals surface area contributed by atoms with Gasteiger partial charge < -0.3 is 5.32 Å². The summed E-state index contributed by atoms with van der Waals surface area (Å²) in [5.74, 6) is 0.905. The largest absolute Gasteiger partial charge is 0.334 e. The Morgan fingerprint density at radius 3 is 2.45 bits per heavy atom. The summed E-state index contributed by atoms with van der Waals surface area (Å²) in [6, 6.07) is 5.75. The summed E-state index contributed by atoms with van der Waals surface area (Å²) in [6.45, 7) is 5.85. The molecule has 1 aromatic carbocycles. The number of halogens is 2. The third kappa shape index (κ3) is 3.84. The Morgan fingerprint density at radius 1 is 1.18 bits per heavy atom. The maximum Gasteiger partial charge on any atom is 0.292 e. The van der Waals surface area contributed by atoms with E-state index in [1.54, 1.807) is 0 Å². The first-order valence-electron chi connectivity index (χ1n) is 6.43. The monoisotopic (exact) mass is 340 g/mol. The first-order chi connectivity index (χ1) is 10.2. The Balaban J connectivity index is 2.45. The van der Waals surface area contributed by atoms with Crippen LogP contribution >= 0.6 is 23.2 Å². The number of nitrogens with one attached hydrogen (secondary N) is 1. The summed E-state index contributed by atoms with van der Waals surface area (Å²) >= 11 is 11.9. The zero-order chi connectivity index (χ0) is 16.5. The fourth-order valence-electron chi connectivity index (χ4n) is 1.72. The highest BCUT2D eigenvalue weighted by atomic mass is 35.5. The number of hydrogen-bond acceptors (Lipinski definition) is 5. The maximum absolute atomic E-state index is 11.1. The standard InChI is InChI=1S/C14H14Cl2N4O2/c1-14(2,3)13-18-11(16)7-12(19-13)17-9-6-8(15)4-5-10(9)20(21)22/h4-7H,1-3H3,(H,17,18,19). The van der Waals surface area contributed by atoms with E-state index in [0.29, 0.717) is 16.7 Å². The number of nitro benzene ring substituents is 1. The second-order valence-corrected chi connectivity index (χ2v) is 6.52. The van der Waals surface area contributed by atoms with E-state index in [0.717, 1.165) is 0 Å². The molecule has 22 heavy (non-hydrogen) atoms. The van der Waals surface area contributed by atoms with Crippen molar-refractivity contribution >= 4 is 40.4 Å². The molecule has 2 rings (SSSR count). The molecule has 0 spiro atoms. The Bertz CT molecular complexity index is 729. The van der Waals surface area contributed by atoms with Gasteiger partial charge in [-0.1, -0.05) is 44.0 Å². The highest BCUT2D eigenvalue weighted by Crippen LogP contribution is 2.31. The Hall–Kier alpha value is -1.92. The highest BCUT2D eigenvalue weighted by molar-refractivity contribution is 6.31. The molecule has 116 valence electrons. The predicted octanol–water partition coefficient (Wildman–Crippen LogP) is 4.73. The molecule has 0 aliphatic carbocycles. The number of nitro groups is 1. The first kappa shape index (κ1) is 16.5. The third-order valence-corrected chi connectivity index (χ3v) is 3.21. The fourth-order valence-corrected chi connectivity index (χ4v) is 2.08. The lowest BCUT2D eigenvalue weighted by molar-refractivity contribution is -0.383. The average Bonchev–Trinajstić information content (AvgIpc) is 2.36. The number of anilines is 2. The van der Waals surface area contributed by atoms with E-state index in [-0.39, 0.29) is 21.9 Å². The van der Waals surface area contributed by atoms with E-state index in [1.165, 1.54) is 24.3 Å². The molecule has 1 heterocycles. The van der Waals surface area contributed by atoms with Gasteiger partial charge in [0.05, 0.1) is 4.92 Å². The van der Waals surface area contributed by atoms with Gasteiger partial charge in [-0.15, -0.1) is 0 Å². The second kappa shape index (κ2) is 6.06. The summed E-state index contributed by atoms with van der Waals surface area (Å²) < 4.78 is 0. The maximum atomic E-state index is 11.1. The molecule has 8 heteroatoms. The Kier molecular flexibility index (Phi) is 4.53. The van der Waals surface area contributed by atoms with E-state index >= 15 is 0 Å². The van der Waals surface area contributed by atoms with Gasteiger partial charge in [0, 0.05) is 22.6 Å². The average molecular weight is 341 g/mol. The molecule has 1 N–H and O–H groups in total. The molecular formula is C14H14Cl2N4O2. The van der Waals surface area contributed by atoms with Crippen molar-refractivity contribution in [3.63, 3.8) is 0 Å². The van der Waals surface area contributed by atoms with Gasteiger partial charge >= 0.3 is 0 Å². The van der Waals surface area contributed by atoms with Crippen molar-refractivity contribution in [2.24, 2.45) is 0 Å². The van der Waals surface area contributed by atoms with Crippen LogP contribution in [0.15, 0.2) is 24.3 Å². The van der Waals surface area contributed by atoms with Gasteiger partial charge in [0.2, 0.25) is 0 Å². The molecule has 0 saturated heterocycles. The molecule has 0 amide bonds. The van der Waals surface area contributed by atoms with Crippen LogP contribution in [0.1, 0.15) is 26.6 Å². The molecule has 6 nitrogen and oxygen atoms in total. The topological polar surface area (TPSA) is 81.0 Å². The van der Waals surface area contributed by atoms with E-state index in [9.17, 15) is 10.1 Å². The van der Waals surface area contributed by atoms with Crippen molar-refractivity contribution in [3.05, 3.63) is 50.4 Å². The summed E-state index contributed by atoms with van der Waals surface area (Å²) in [5, 5.41) is 14.6. The minimum absolute atomic E-state index is 0.101. The van der Waals surface area contributed by atoms with Gasteiger partial charge in [-0.25, -0.2) is 9.97 Å². The van der Waals surface area contributed by atoms with Crippen molar-refractivity contribution in [2.45, 2.75) is 26.2 Å². The lowest BCUT2D eigenvalue weighted by Crippen LogP contribution is -2.16. The van der Waals surface area contributed by atoms with Gasteiger partial charge in [0.15, 0.2) is 0 Å². The molecule has 0 atom stereocenters. The molecule has 1 aromatic heterocycles. The van der Waals surface area contributed by atoms with Gasteiger partial charge in [-0.05, 0) is 12.1 Å².